The predicted octanol–water partition coefficient (Wildman–Crippen LogP) is 1.01. The number of nitrogens with zero attached hydrogens (tertiary/aromatic N) is 1. The minimum absolute atomic E-state index is 0.0801. The Morgan fingerprint density at radius 3 is 2.07 bits per heavy atom. The van der Waals surface area contributed by atoms with Crippen molar-refractivity contribution in [2.75, 3.05) is 39.5 Å². The molecular formula is C31H40N2O12. The van der Waals surface area contributed by atoms with Crippen LogP contribution >= 0.6 is 0 Å². The molecular weight excluding hydrogens is 592 g/mol. The van der Waals surface area contributed by atoms with Crippen molar-refractivity contribution in [1.82, 2.24) is 10.2 Å². The maximum atomic E-state index is 12.8. The summed E-state index contributed by atoms with van der Waals surface area (Å²) in [5.41, 5.74) is 1.33. The van der Waals surface area contributed by atoms with E-state index in [0.717, 1.165) is 25.9 Å². The van der Waals surface area contributed by atoms with E-state index in [0.29, 0.717) is 54.6 Å². The Hall–Kier alpha value is -4.24. The number of carbonyl (C=O) groups excluding carboxylic acids is 2. The minimum Gasteiger partial charge on any atom is -0.493 e. The molecule has 2 aliphatic heterocycles. The van der Waals surface area contributed by atoms with Gasteiger partial charge in [-0.3, -0.25) is 9.59 Å². The smallest absolute Gasteiger partial charge is 0.335 e. The number of hydrogen-bond donors (Lipinski definition) is 6. The highest BCUT2D eigenvalue weighted by molar-refractivity contribution is 5.95. The second-order valence-electron chi connectivity index (χ2n) is 10.5. The highest BCUT2D eigenvalue weighted by atomic mass is 16.6. The summed E-state index contributed by atoms with van der Waals surface area (Å²) in [4.78, 5) is 46.3. The lowest BCUT2D eigenvalue weighted by Crippen LogP contribution is -2.47. The third-order valence-corrected chi connectivity index (χ3v) is 7.19. The van der Waals surface area contributed by atoms with Crippen LogP contribution in [0.25, 0.3) is 0 Å². The molecule has 14 heteroatoms. The van der Waals surface area contributed by atoms with Crippen LogP contribution in [0.1, 0.15) is 54.6 Å². The summed E-state index contributed by atoms with van der Waals surface area (Å²) in [5.74, 6) is -1.77. The number of carbonyl (C=O) groups is 4. The first-order valence-electron chi connectivity index (χ1n) is 14.7. The number of benzene rings is 2. The summed E-state index contributed by atoms with van der Waals surface area (Å²) in [5, 5.41) is 46.7. The van der Waals surface area contributed by atoms with E-state index in [1.807, 2.05) is 13.0 Å². The molecule has 0 spiro atoms. The number of fused-ring (bicyclic) bond motifs is 1. The van der Waals surface area contributed by atoms with Crippen LogP contribution in [0.4, 0.5) is 0 Å². The lowest BCUT2D eigenvalue weighted by Gasteiger charge is -2.29. The Bertz CT molecular complexity index is 1280. The van der Waals surface area contributed by atoms with Gasteiger partial charge in [0.1, 0.15) is 25.1 Å². The van der Waals surface area contributed by atoms with Gasteiger partial charge in [0, 0.05) is 18.5 Å². The molecule has 2 unspecified atom stereocenters. The van der Waals surface area contributed by atoms with Crippen LogP contribution in [0.15, 0.2) is 42.5 Å². The normalized spacial score (nSPS) is 16.7. The van der Waals surface area contributed by atoms with Gasteiger partial charge in [-0.15, -0.1) is 0 Å². The topological polar surface area (TPSA) is 212 Å². The molecule has 2 heterocycles. The number of amides is 1. The van der Waals surface area contributed by atoms with Crippen molar-refractivity contribution < 1.29 is 58.9 Å². The molecule has 6 N–H and O–H groups in total. The van der Waals surface area contributed by atoms with Crippen molar-refractivity contribution in [3.63, 3.8) is 0 Å². The molecule has 246 valence electrons. The second kappa shape index (κ2) is 17.3. The van der Waals surface area contributed by atoms with Crippen molar-refractivity contribution in [2.45, 2.75) is 57.0 Å². The number of hydrogen-bond acceptors (Lipinski definition) is 11. The van der Waals surface area contributed by atoms with Gasteiger partial charge in [-0.2, -0.15) is 0 Å². The number of aliphatic hydroxyl groups is 3. The van der Waals surface area contributed by atoms with Crippen LogP contribution in [0.2, 0.25) is 0 Å². The van der Waals surface area contributed by atoms with E-state index in [-0.39, 0.29) is 24.7 Å². The van der Waals surface area contributed by atoms with Crippen LogP contribution in [0.5, 0.6) is 17.2 Å². The first-order chi connectivity index (χ1) is 21.5. The van der Waals surface area contributed by atoms with Gasteiger partial charge in [0.15, 0.2) is 29.5 Å². The molecule has 1 amide bonds. The summed E-state index contributed by atoms with van der Waals surface area (Å²) in [6, 6.07) is 11.9. The van der Waals surface area contributed by atoms with Gasteiger partial charge in [0.25, 0.3) is 0 Å². The lowest BCUT2D eigenvalue weighted by molar-refractivity contribution is -0.165. The van der Waals surface area contributed by atoms with Crippen molar-refractivity contribution >= 4 is 23.6 Å². The number of carboxylic acids is 2. The van der Waals surface area contributed by atoms with Gasteiger partial charge in [0.05, 0.1) is 19.1 Å². The standard InChI is InChI=1S/C27H34N2O6.C4H6O6/c1-2-23(30)19-5-8-21(9-6-19)33-14-11-26(31)28-22(18-29-12-3-4-13-29)27(32)20-7-10-24-25(17-20)35-16-15-34-24;5-1(3(7)8)2(6)4(9)10/h5-10,17,22,27,32H,2-4,11-16,18H2,1H3,(H,28,31);1-2,5-6H,(H,7,8)(H,9,10)/t22-,27-;/m1./s1. The number of aliphatic carboxylic acids is 2. The van der Waals surface area contributed by atoms with E-state index in [1.54, 1.807) is 36.4 Å². The Labute approximate surface area is 260 Å². The fraction of sp³-hybridized carbons (Fsp3) is 0.484. The monoisotopic (exact) mass is 632 g/mol. The van der Waals surface area contributed by atoms with E-state index < -0.39 is 36.3 Å². The van der Waals surface area contributed by atoms with Crippen molar-refractivity contribution in [2.24, 2.45) is 0 Å². The summed E-state index contributed by atoms with van der Waals surface area (Å²) in [6.45, 7) is 5.48. The fourth-order valence-electron chi connectivity index (χ4n) is 4.70. The van der Waals surface area contributed by atoms with E-state index in [9.17, 15) is 24.3 Å². The number of aliphatic hydroxyl groups excluding tert-OH is 3. The molecule has 0 saturated carbocycles. The Morgan fingerprint density at radius 2 is 1.49 bits per heavy atom. The van der Waals surface area contributed by atoms with Gasteiger partial charge >= 0.3 is 11.9 Å². The number of rotatable bonds is 14. The van der Waals surface area contributed by atoms with Crippen LogP contribution < -0.4 is 19.5 Å². The van der Waals surface area contributed by atoms with Crippen molar-refractivity contribution in [3.8, 4) is 17.2 Å². The molecule has 45 heavy (non-hydrogen) atoms. The van der Waals surface area contributed by atoms with Gasteiger partial charge in [-0.05, 0) is 67.9 Å². The second-order valence-corrected chi connectivity index (χ2v) is 10.5. The number of carboxylic acid groups (broad SMARTS) is 2. The Balaban J connectivity index is 0.000000477. The molecule has 2 aromatic rings. The summed E-state index contributed by atoms with van der Waals surface area (Å²) in [7, 11) is 0. The van der Waals surface area contributed by atoms with Gasteiger partial charge < -0.3 is 50.0 Å². The number of likely N-dealkylation sites (tertiary alicyclic amines) is 1. The largest absolute Gasteiger partial charge is 0.493 e. The third kappa shape index (κ3) is 10.7. The quantitative estimate of drug-likeness (QED) is 0.161. The average molecular weight is 633 g/mol. The number of nitrogens with one attached hydrogen (secondary N) is 1. The van der Waals surface area contributed by atoms with Crippen LogP contribution in [0, 0.1) is 0 Å². The van der Waals surface area contributed by atoms with E-state index in [1.165, 1.54) is 0 Å². The van der Waals surface area contributed by atoms with Crippen LogP contribution in [-0.4, -0.2) is 112 Å². The first kappa shape index (κ1) is 35.2. The van der Waals surface area contributed by atoms with Crippen LogP contribution in [0.3, 0.4) is 0 Å². The Kier molecular flexibility index (Phi) is 13.5. The number of ketones is 1. The van der Waals surface area contributed by atoms with Crippen molar-refractivity contribution in [1.29, 1.82) is 0 Å². The lowest BCUT2D eigenvalue weighted by atomic mass is 10.0. The third-order valence-electron chi connectivity index (χ3n) is 7.19. The van der Waals surface area contributed by atoms with E-state index >= 15 is 0 Å². The molecule has 1 saturated heterocycles. The zero-order valence-corrected chi connectivity index (χ0v) is 25.0. The molecule has 2 aromatic carbocycles. The molecule has 0 aliphatic carbocycles. The molecule has 1 fully saturated rings. The first-order valence-corrected chi connectivity index (χ1v) is 14.7. The molecule has 2 aliphatic rings. The summed E-state index contributed by atoms with van der Waals surface area (Å²) < 4.78 is 16.9. The summed E-state index contributed by atoms with van der Waals surface area (Å²) in [6.07, 6.45) is -2.57. The Morgan fingerprint density at radius 1 is 0.889 bits per heavy atom. The zero-order chi connectivity index (χ0) is 32.9. The van der Waals surface area contributed by atoms with Crippen LogP contribution in [-0.2, 0) is 14.4 Å². The van der Waals surface area contributed by atoms with Gasteiger partial charge in [-0.1, -0.05) is 13.0 Å². The highest BCUT2D eigenvalue weighted by Gasteiger charge is 2.30. The van der Waals surface area contributed by atoms with E-state index in [2.05, 4.69) is 10.2 Å². The maximum Gasteiger partial charge on any atom is 0.335 e. The minimum atomic E-state index is -2.27. The molecule has 0 radical (unpaired) electrons. The average Bonchev–Trinajstić information content (AvgIpc) is 3.56. The predicted molar refractivity (Wildman–Crippen MR) is 158 cm³/mol. The van der Waals surface area contributed by atoms with Gasteiger partial charge in [0.2, 0.25) is 5.91 Å². The van der Waals surface area contributed by atoms with Crippen molar-refractivity contribution in [3.05, 3.63) is 53.6 Å². The molecule has 14 nitrogen and oxygen atoms in total. The number of Topliss-reactive ketones (excluding diaryl/α,β-unsaturated/α-hetero) is 1. The van der Waals surface area contributed by atoms with E-state index in [4.69, 9.17) is 34.6 Å². The molecule has 4 rings (SSSR count). The zero-order valence-electron chi connectivity index (χ0n) is 25.0. The number of ether oxygens (including phenoxy) is 3. The van der Waals surface area contributed by atoms with Gasteiger partial charge in [-0.25, -0.2) is 9.59 Å². The summed E-state index contributed by atoms with van der Waals surface area (Å²) >= 11 is 0. The SMILES string of the molecule is CCC(=O)c1ccc(OCCC(=O)N[C@H](CN2CCCC2)[C@H](O)c2ccc3c(c2)OCCO3)cc1.O=C(O)C(O)C(O)C(=O)O. The molecule has 0 bridgehead atoms. The fourth-order valence-corrected chi connectivity index (χ4v) is 4.70. The highest BCUT2D eigenvalue weighted by Crippen LogP contribution is 2.33. The molecule has 0 aromatic heterocycles. The molecule has 4 atom stereocenters. The maximum absolute atomic E-state index is 12.8.